The second-order valence-electron chi connectivity index (χ2n) is 11.0. The van der Waals surface area contributed by atoms with Crippen LogP contribution >= 0.6 is 0 Å². The lowest BCUT2D eigenvalue weighted by Crippen LogP contribution is -2.26. The summed E-state index contributed by atoms with van der Waals surface area (Å²) < 4.78 is 1.24. The normalized spacial score (nSPS) is 12.4. The lowest BCUT2D eigenvalue weighted by Gasteiger charge is -2.32. The number of unbranched alkanes of at least 4 members (excludes halogenated alkanes) is 2. The molecule has 5 rings (SSSR count). The standard InChI is InChI=1S/C36H40N4O3/c1-3-5-23-38(24-6-4-2)29-18-20-30(21-19-29)39-25-11-13-28-26-27(17-22-33(28)39)12-10-16-32-34(36(42)43)37-40(35(32)41)31-14-8-7-9-15-31/h7-9,12,14-22,26,37H,3-6,11,13,23-25H2,1-2H3,(H,42,43). The first-order chi connectivity index (χ1) is 21.0. The molecular weight excluding hydrogens is 536 g/mol. The van der Waals surface area contributed by atoms with Crippen LogP contribution in [-0.2, 0) is 6.42 Å². The number of H-pyrrole nitrogens is 1. The predicted octanol–water partition coefficient (Wildman–Crippen LogP) is 7.68. The van der Waals surface area contributed by atoms with Gasteiger partial charge in [0.25, 0.3) is 5.56 Å². The maximum atomic E-state index is 13.0. The van der Waals surface area contributed by atoms with Crippen LogP contribution in [0.5, 0.6) is 0 Å². The van der Waals surface area contributed by atoms with Gasteiger partial charge in [0.15, 0.2) is 5.69 Å². The number of hydrogen-bond donors (Lipinski definition) is 2. The second kappa shape index (κ2) is 14.0. The smallest absolute Gasteiger partial charge is 0.354 e. The van der Waals surface area contributed by atoms with E-state index >= 15 is 0 Å². The van der Waals surface area contributed by atoms with Gasteiger partial charge in [0.2, 0.25) is 0 Å². The Morgan fingerprint density at radius 2 is 1.67 bits per heavy atom. The highest BCUT2D eigenvalue weighted by molar-refractivity contribution is 5.90. The lowest BCUT2D eigenvalue weighted by atomic mass is 9.98. The number of aromatic amines is 1. The third-order valence-corrected chi connectivity index (χ3v) is 7.94. The fourth-order valence-electron chi connectivity index (χ4n) is 5.61. The molecule has 0 unspecified atom stereocenters. The van der Waals surface area contributed by atoms with Crippen LogP contribution in [0.15, 0.2) is 83.3 Å². The first-order valence-corrected chi connectivity index (χ1v) is 15.3. The number of nitrogens with one attached hydrogen (secondary N) is 1. The van der Waals surface area contributed by atoms with Crippen LogP contribution in [-0.4, -0.2) is 40.5 Å². The molecule has 0 fully saturated rings. The summed E-state index contributed by atoms with van der Waals surface area (Å²) in [5.74, 6) is -1.20. The Labute approximate surface area is 253 Å². The molecule has 1 aromatic heterocycles. The third-order valence-electron chi connectivity index (χ3n) is 7.94. The van der Waals surface area contributed by atoms with Crippen molar-refractivity contribution in [3.05, 3.63) is 111 Å². The van der Waals surface area contributed by atoms with Crippen molar-refractivity contribution in [2.75, 3.05) is 29.4 Å². The number of carbonyl (C=O) groups is 1. The Morgan fingerprint density at radius 1 is 0.953 bits per heavy atom. The van der Waals surface area contributed by atoms with Gasteiger partial charge in [-0.1, -0.05) is 51.0 Å². The summed E-state index contributed by atoms with van der Waals surface area (Å²) >= 11 is 0. The number of nitrogens with zero attached hydrogens (tertiary/aromatic N) is 3. The summed E-state index contributed by atoms with van der Waals surface area (Å²) in [5, 5.41) is 12.4. The van der Waals surface area contributed by atoms with E-state index in [4.69, 9.17) is 0 Å². The number of anilines is 3. The molecule has 2 N–H and O–H groups in total. The van der Waals surface area contributed by atoms with Crippen molar-refractivity contribution in [3.8, 4) is 5.69 Å². The Balaban J connectivity index is 1.37. The molecule has 0 bridgehead atoms. The van der Waals surface area contributed by atoms with Crippen LogP contribution in [0, 0.1) is 0 Å². The molecule has 1 aliphatic rings. The fourth-order valence-corrected chi connectivity index (χ4v) is 5.61. The molecule has 43 heavy (non-hydrogen) atoms. The largest absolute Gasteiger partial charge is 0.477 e. The minimum atomic E-state index is -1.20. The van der Waals surface area contributed by atoms with Crippen molar-refractivity contribution in [3.63, 3.8) is 0 Å². The first-order valence-electron chi connectivity index (χ1n) is 15.3. The van der Waals surface area contributed by atoms with Gasteiger partial charge in [0.1, 0.15) is 0 Å². The minimum Gasteiger partial charge on any atom is -0.477 e. The van der Waals surface area contributed by atoms with Crippen molar-refractivity contribution >= 4 is 35.2 Å². The zero-order valence-corrected chi connectivity index (χ0v) is 25.1. The number of para-hydroxylation sites is 1. The molecule has 0 amide bonds. The highest BCUT2D eigenvalue weighted by atomic mass is 16.4. The average Bonchev–Trinajstić information content (AvgIpc) is 3.37. The first kappa shape index (κ1) is 29.7. The van der Waals surface area contributed by atoms with Crippen LogP contribution in [0.1, 0.15) is 73.1 Å². The maximum Gasteiger partial charge on any atom is 0.354 e. The van der Waals surface area contributed by atoms with Crippen molar-refractivity contribution in [1.82, 2.24) is 9.78 Å². The van der Waals surface area contributed by atoms with Gasteiger partial charge in [-0.3, -0.25) is 9.89 Å². The van der Waals surface area contributed by atoms with Crippen molar-refractivity contribution in [2.45, 2.75) is 52.4 Å². The van der Waals surface area contributed by atoms with E-state index in [1.807, 2.05) is 12.1 Å². The molecular formula is C36H40N4O3. The lowest BCUT2D eigenvalue weighted by molar-refractivity contribution is 0.0689. The number of carboxylic acid groups (broad SMARTS) is 1. The molecule has 0 radical (unpaired) electrons. The highest BCUT2D eigenvalue weighted by Crippen LogP contribution is 2.35. The zero-order chi connectivity index (χ0) is 30.2. The fraction of sp³-hybridized carbons (Fsp3) is 0.306. The molecule has 4 aromatic rings. The number of carboxylic acids is 1. The van der Waals surface area contributed by atoms with Crippen LogP contribution < -0.4 is 15.4 Å². The number of aryl methyl sites for hydroxylation is 1. The summed E-state index contributed by atoms with van der Waals surface area (Å²) in [6.07, 6.45) is 10.1. The number of hydrogen-bond acceptors (Lipinski definition) is 4. The van der Waals surface area contributed by atoms with E-state index in [1.165, 1.54) is 59.1 Å². The van der Waals surface area contributed by atoms with Crippen LogP contribution in [0.25, 0.3) is 17.8 Å². The molecule has 0 aliphatic carbocycles. The average molecular weight is 577 g/mol. The van der Waals surface area contributed by atoms with Crippen molar-refractivity contribution < 1.29 is 9.90 Å². The highest BCUT2D eigenvalue weighted by Gasteiger charge is 2.20. The summed E-state index contributed by atoms with van der Waals surface area (Å²) in [6.45, 7) is 7.64. The summed E-state index contributed by atoms with van der Waals surface area (Å²) in [7, 11) is 0. The summed E-state index contributed by atoms with van der Waals surface area (Å²) in [5.41, 5.74) is 8.98. The minimum absolute atomic E-state index is 0.0585. The monoisotopic (exact) mass is 576 g/mol. The molecule has 0 saturated heterocycles. The van der Waals surface area contributed by atoms with Gasteiger partial charge in [0, 0.05) is 36.7 Å². The Hall–Kier alpha value is -4.74. The van der Waals surface area contributed by atoms with Crippen molar-refractivity contribution in [2.24, 2.45) is 0 Å². The van der Waals surface area contributed by atoms with Gasteiger partial charge in [-0.2, -0.15) is 0 Å². The third kappa shape index (κ3) is 6.85. The number of benzene rings is 3. The number of aromatic carboxylic acids is 1. The van der Waals surface area contributed by atoms with Crippen molar-refractivity contribution in [1.29, 1.82) is 0 Å². The van der Waals surface area contributed by atoms with E-state index in [-0.39, 0.29) is 11.3 Å². The molecule has 222 valence electrons. The Morgan fingerprint density at radius 3 is 2.35 bits per heavy atom. The van der Waals surface area contributed by atoms with E-state index < -0.39 is 11.5 Å². The van der Waals surface area contributed by atoms with Crippen LogP contribution in [0.4, 0.5) is 17.1 Å². The molecule has 7 heteroatoms. The van der Waals surface area contributed by atoms with E-state index in [1.54, 1.807) is 30.3 Å². The molecule has 0 atom stereocenters. The topological polar surface area (TPSA) is 81.6 Å². The molecule has 0 spiro atoms. The van der Waals surface area contributed by atoms with Gasteiger partial charge in [-0.05, 0) is 97.5 Å². The number of rotatable bonds is 12. The van der Waals surface area contributed by atoms with E-state index in [0.29, 0.717) is 5.69 Å². The Bertz CT molecular complexity index is 1650. The van der Waals surface area contributed by atoms with E-state index in [2.05, 4.69) is 70.9 Å². The SMILES string of the molecule is CCCCN(CCCC)c1ccc(N2CCCc3cc(C=C=Cc4c(C(=O)O)[nH]n(-c5ccccc5)c4=O)ccc32)cc1. The van der Waals surface area contributed by atoms with E-state index in [9.17, 15) is 14.7 Å². The van der Waals surface area contributed by atoms with Gasteiger partial charge in [0.05, 0.1) is 11.3 Å². The quantitative estimate of drug-likeness (QED) is 0.169. The Kier molecular flexibility index (Phi) is 9.65. The van der Waals surface area contributed by atoms with Gasteiger partial charge in [-0.15, -0.1) is 5.73 Å². The molecule has 0 saturated carbocycles. The van der Waals surface area contributed by atoms with E-state index in [0.717, 1.165) is 38.0 Å². The van der Waals surface area contributed by atoms with Gasteiger partial charge < -0.3 is 14.9 Å². The molecule has 1 aliphatic heterocycles. The van der Waals surface area contributed by atoms with Gasteiger partial charge in [-0.25, -0.2) is 9.48 Å². The molecule has 2 heterocycles. The molecule has 7 nitrogen and oxygen atoms in total. The van der Waals surface area contributed by atoms with Crippen LogP contribution in [0.3, 0.4) is 0 Å². The summed E-state index contributed by atoms with van der Waals surface area (Å²) in [6, 6.07) is 24.3. The summed E-state index contributed by atoms with van der Waals surface area (Å²) in [4.78, 5) is 29.8. The number of aromatic nitrogens is 2. The van der Waals surface area contributed by atoms with Crippen LogP contribution in [0.2, 0.25) is 0 Å². The second-order valence-corrected chi connectivity index (χ2v) is 11.0. The maximum absolute atomic E-state index is 13.0. The predicted molar refractivity (Wildman–Crippen MR) is 176 cm³/mol. The zero-order valence-electron chi connectivity index (χ0n) is 25.1. The van der Waals surface area contributed by atoms with Gasteiger partial charge >= 0.3 is 5.97 Å². The number of fused-ring (bicyclic) bond motifs is 1. The molecule has 3 aromatic carbocycles.